The molecule has 3 heteroatoms. The van der Waals surface area contributed by atoms with E-state index in [0.717, 1.165) is 11.5 Å². The molecule has 0 bridgehead atoms. The molecule has 0 saturated heterocycles. The van der Waals surface area contributed by atoms with Crippen LogP contribution in [0.5, 0.6) is 11.5 Å². The zero-order chi connectivity index (χ0) is 6.10. The zero-order valence-corrected chi connectivity index (χ0v) is 5.27. The maximum atomic E-state index is 5.01. The lowest BCUT2D eigenvalue weighted by Crippen LogP contribution is -1.92. The van der Waals surface area contributed by atoms with E-state index in [4.69, 9.17) is 9.47 Å². The summed E-state index contributed by atoms with van der Waals surface area (Å²) in [7, 11) is 0. The van der Waals surface area contributed by atoms with Crippen molar-refractivity contribution in [2.24, 2.45) is 0 Å². The molecule has 2 nitrogen and oxygen atoms in total. The van der Waals surface area contributed by atoms with E-state index in [1.54, 1.807) is 11.3 Å². The first-order valence-corrected chi connectivity index (χ1v) is 3.38. The topological polar surface area (TPSA) is 18.5 Å². The van der Waals surface area contributed by atoms with Gasteiger partial charge in [0, 0.05) is 10.8 Å². The SMILES string of the molecule is [C]1=COc2cscc2O1. The molecule has 0 atom stereocenters. The summed E-state index contributed by atoms with van der Waals surface area (Å²) in [5.74, 6) is 1.53. The second kappa shape index (κ2) is 1.77. The third kappa shape index (κ3) is 0.695. The van der Waals surface area contributed by atoms with Crippen LogP contribution in [0.25, 0.3) is 0 Å². The van der Waals surface area contributed by atoms with Crippen molar-refractivity contribution in [2.45, 2.75) is 0 Å². The molecule has 2 heterocycles. The number of fused-ring (bicyclic) bond motifs is 1. The second-order valence-corrected chi connectivity index (χ2v) is 2.30. The highest BCUT2D eigenvalue weighted by Crippen LogP contribution is 2.33. The van der Waals surface area contributed by atoms with Crippen LogP contribution in [0.3, 0.4) is 0 Å². The molecule has 0 aromatic carbocycles. The molecule has 0 spiro atoms. The number of hydrogen-bond acceptors (Lipinski definition) is 3. The van der Waals surface area contributed by atoms with Gasteiger partial charge in [-0.25, -0.2) is 0 Å². The molecule has 1 aromatic heterocycles. The molecule has 0 saturated carbocycles. The Labute approximate surface area is 56.3 Å². The van der Waals surface area contributed by atoms with Crippen molar-refractivity contribution < 1.29 is 9.47 Å². The first kappa shape index (κ1) is 4.88. The van der Waals surface area contributed by atoms with Gasteiger partial charge < -0.3 is 9.47 Å². The third-order valence-electron chi connectivity index (χ3n) is 0.996. The predicted octanol–water partition coefficient (Wildman–Crippen LogP) is 1.79. The molecule has 9 heavy (non-hydrogen) atoms. The lowest BCUT2D eigenvalue weighted by Gasteiger charge is -2.04. The van der Waals surface area contributed by atoms with Crippen LogP contribution in [-0.2, 0) is 0 Å². The van der Waals surface area contributed by atoms with Gasteiger partial charge in [0.25, 0.3) is 0 Å². The lowest BCUT2D eigenvalue weighted by atomic mass is 10.5. The van der Waals surface area contributed by atoms with E-state index in [1.807, 2.05) is 10.8 Å². The van der Waals surface area contributed by atoms with Gasteiger partial charge in [-0.3, -0.25) is 0 Å². The first-order chi connectivity index (χ1) is 4.47. The smallest absolute Gasteiger partial charge is 0.208 e. The van der Waals surface area contributed by atoms with Crippen LogP contribution < -0.4 is 9.47 Å². The highest BCUT2D eigenvalue weighted by Gasteiger charge is 2.07. The van der Waals surface area contributed by atoms with E-state index < -0.39 is 0 Å². The zero-order valence-electron chi connectivity index (χ0n) is 4.46. The fourth-order valence-electron chi connectivity index (χ4n) is 0.609. The molecule has 0 N–H and O–H groups in total. The molecular formula is C6H3O2S. The maximum Gasteiger partial charge on any atom is 0.208 e. The average molecular weight is 139 g/mol. The van der Waals surface area contributed by atoms with Gasteiger partial charge in [-0.1, -0.05) is 0 Å². The molecule has 45 valence electrons. The van der Waals surface area contributed by atoms with Gasteiger partial charge in [-0.15, -0.1) is 11.3 Å². The largest absolute Gasteiger partial charge is 0.456 e. The summed E-state index contributed by atoms with van der Waals surface area (Å²) in [4.78, 5) is 0. The molecule has 0 amide bonds. The normalized spacial score (nSPS) is 13.8. The monoisotopic (exact) mass is 139 g/mol. The minimum absolute atomic E-state index is 0.752. The average Bonchev–Trinajstić information content (AvgIpc) is 2.33. The molecule has 0 aliphatic carbocycles. The summed E-state index contributed by atoms with van der Waals surface area (Å²) in [5, 5.41) is 3.75. The van der Waals surface area contributed by atoms with Gasteiger partial charge in [-0.05, 0) is 0 Å². The van der Waals surface area contributed by atoms with Crippen molar-refractivity contribution in [3.8, 4) is 11.5 Å². The van der Waals surface area contributed by atoms with Crippen molar-refractivity contribution in [3.05, 3.63) is 23.3 Å². The summed E-state index contributed by atoms with van der Waals surface area (Å²) in [6.07, 6.45) is 3.88. The molecule has 1 aliphatic heterocycles. The fraction of sp³-hybridized carbons (Fsp3) is 0. The fourth-order valence-corrected chi connectivity index (χ4v) is 1.26. The minimum Gasteiger partial charge on any atom is -0.456 e. The van der Waals surface area contributed by atoms with Crippen LogP contribution in [0.15, 0.2) is 17.0 Å². The highest BCUT2D eigenvalue weighted by molar-refractivity contribution is 7.08. The van der Waals surface area contributed by atoms with Crippen LogP contribution >= 0.6 is 11.3 Å². The van der Waals surface area contributed by atoms with Crippen molar-refractivity contribution >= 4 is 11.3 Å². The van der Waals surface area contributed by atoms with Crippen LogP contribution in [0.2, 0.25) is 0 Å². The number of thiophene rings is 1. The Bertz CT molecular complexity index is 216. The van der Waals surface area contributed by atoms with Crippen LogP contribution in [0.1, 0.15) is 0 Å². The minimum atomic E-state index is 0.752. The summed E-state index contributed by atoms with van der Waals surface area (Å²) >= 11 is 1.55. The number of hydrogen-bond donors (Lipinski definition) is 0. The van der Waals surface area contributed by atoms with Crippen LogP contribution in [0, 0.1) is 6.26 Å². The quantitative estimate of drug-likeness (QED) is 0.545. The molecule has 1 aromatic rings. The first-order valence-electron chi connectivity index (χ1n) is 2.44. The Morgan fingerprint density at radius 1 is 1.33 bits per heavy atom. The number of ether oxygens (including phenoxy) is 2. The van der Waals surface area contributed by atoms with E-state index in [9.17, 15) is 0 Å². The van der Waals surface area contributed by atoms with Crippen molar-refractivity contribution in [1.82, 2.24) is 0 Å². The van der Waals surface area contributed by atoms with E-state index in [-0.39, 0.29) is 0 Å². The van der Waals surface area contributed by atoms with Gasteiger partial charge in [0.05, 0.1) is 0 Å². The maximum absolute atomic E-state index is 5.01. The van der Waals surface area contributed by atoms with Gasteiger partial charge >= 0.3 is 0 Å². The Morgan fingerprint density at radius 3 is 3.11 bits per heavy atom. The lowest BCUT2D eigenvalue weighted by molar-refractivity contribution is 0.346. The molecule has 0 unspecified atom stereocenters. The summed E-state index contributed by atoms with van der Waals surface area (Å²) < 4.78 is 9.96. The van der Waals surface area contributed by atoms with E-state index in [1.165, 1.54) is 6.26 Å². The van der Waals surface area contributed by atoms with Gasteiger partial charge in [0.15, 0.2) is 11.5 Å². The summed E-state index contributed by atoms with van der Waals surface area (Å²) in [5.41, 5.74) is 0. The standard InChI is InChI=1S/C6H3O2S/c1-2-8-6-4-9-3-5(6)7-1/h1,3-4H. The molecule has 1 aliphatic rings. The third-order valence-corrected chi connectivity index (χ3v) is 1.70. The van der Waals surface area contributed by atoms with Crippen molar-refractivity contribution in [3.63, 3.8) is 0 Å². The Hall–Kier alpha value is -0.960. The molecule has 2 rings (SSSR count). The highest BCUT2D eigenvalue weighted by atomic mass is 32.1. The van der Waals surface area contributed by atoms with Crippen LogP contribution in [-0.4, -0.2) is 0 Å². The Morgan fingerprint density at radius 2 is 2.22 bits per heavy atom. The van der Waals surface area contributed by atoms with Crippen LogP contribution in [0.4, 0.5) is 0 Å². The van der Waals surface area contributed by atoms with E-state index in [2.05, 4.69) is 6.26 Å². The second-order valence-electron chi connectivity index (χ2n) is 1.56. The van der Waals surface area contributed by atoms with E-state index in [0.29, 0.717) is 0 Å². The Balaban J connectivity index is 2.46. The van der Waals surface area contributed by atoms with Crippen molar-refractivity contribution in [1.29, 1.82) is 0 Å². The molecule has 0 fully saturated rings. The van der Waals surface area contributed by atoms with E-state index >= 15 is 0 Å². The Kier molecular flexibility index (Phi) is 0.960. The van der Waals surface area contributed by atoms with Gasteiger partial charge in [-0.2, -0.15) is 0 Å². The summed E-state index contributed by atoms with van der Waals surface area (Å²) in [6, 6.07) is 0. The predicted molar refractivity (Wildman–Crippen MR) is 33.4 cm³/mol. The molecular weight excluding hydrogens is 136 g/mol. The van der Waals surface area contributed by atoms with Gasteiger partial charge in [0.1, 0.15) is 6.26 Å². The number of rotatable bonds is 0. The van der Waals surface area contributed by atoms with Gasteiger partial charge in [0.2, 0.25) is 6.26 Å². The summed E-state index contributed by atoms with van der Waals surface area (Å²) in [6.45, 7) is 0. The molecule has 1 radical (unpaired) electrons. The van der Waals surface area contributed by atoms with Crippen molar-refractivity contribution in [2.75, 3.05) is 0 Å².